The summed E-state index contributed by atoms with van der Waals surface area (Å²) in [7, 11) is 0. The first kappa shape index (κ1) is 61.2. The quantitative estimate of drug-likeness (QED) is 0.0544. The Kier molecular flexibility index (Phi) is 16.0. The van der Waals surface area contributed by atoms with Gasteiger partial charge in [0.2, 0.25) is 34.9 Å². The van der Waals surface area contributed by atoms with Gasteiger partial charge >= 0.3 is 11.9 Å². The Hall–Kier alpha value is -10.4. The molecule has 472 valence electrons. The molecule has 6 aromatic carbocycles. The molecular weight excluding hydrogens is 1200 g/mol. The highest BCUT2D eigenvalue weighted by Gasteiger charge is 2.61. The Labute approximate surface area is 501 Å². The maximum Gasteiger partial charge on any atom is 0.310 e. The Balaban J connectivity index is 0.893. The number of aromatic hydroxyl groups is 12. The standard InChI is InChI=1S/C60H52O30/c61-23-13-33(71)41-35(15-23)85-53(21-3-7-27(65)31(69)11-21)55(47(41)75)89-59-51(79)49(77)45(73)37(87-59)17-83-57(81)43-39(19-1-5-25(63)29(67)9-19)40(20-2-6-26(64)30(68)10-20)44(43)58(82)84-18-38-46(74)50(78)52(80)60(88-38)90-56-48(76)42-34(72)14-24(62)16-36(42)86-54(56)22-4-8-28(66)32(70)12-22/h1-16,37-40,43-46,49-52,59-74,77-80H,17-18H2/t37-,38-,39-,40+,43-,44+,45-,46+,49+,50+,51+,52+,59+,60-/m1/s1. The van der Waals surface area contributed by atoms with Gasteiger partial charge < -0.3 is 129 Å². The lowest BCUT2D eigenvalue weighted by Gasteiger charge is -2.50. The molecule has 18 N–H and O–H groups in total. The molecule has 1 saturated carbocycles. The average molecular weight is 1250 g/mol. The van der Waals surface area contributed by atoms with Gasteiger partial charge in [0.15, 0.2) is 57.5 Å². The molecule has 30 nitrogen and oxygen atoms in total. The molecule has 2 aliphatic heterocycles. The summed E-state index contributed by atoms with van der Waals surface area (Å²) in [5.74, 6) is -19.9. The molecule has 11 rings (SSSR count). The largest absolute Gasteiger partial charge is 0.508 e. The fraction of sp³-hybridized carbons (Fsp3) is 0.267. The number of ether oxygens (including phenoxy) is 6. The summed E-state index contributed by atoms with van der Waals surface area (Å²) < 4.78 is 46.3. The first-order chi connectivity index (χ1) is 42.7. The molecule has 1 aliphatic carbocycles. The van der Waals surface area contributed by atoms with Gasteiger partial charge in [-0.1, -0.05) is 12.1 Å². The van der Waals surface area contributed by atoms with E-state index in [1.54, 1.807) is 0 Å². The summed E-state index contributed by atoms with van der Waals surface area (Å²) in [4.78, 5) is 57.9. The van der Waals surface area contributed by atoms with E-state index < -0.39 is 235 Å². The van der Waals surface area contributed by atoms with Crippen molar-refractivity contribution in [2.75, 3.05) is 13.2 Å². The molecule has 0 unspecified atom stereocenters. The zero-order valence-electron chi connectivity index (χ0n) is 45.7. The van der Waals surface area contributed by atoms with Crippen LogP contribution in [0.15, 0.2) is 115 Å². The van der Waals surface area contributed by atoms with E-state index in [4.69, 9.17) is 37.3 Å². The number of phenolic OH excluding ortho intramolecular Hbond substituents is 12. The van der Waals surface area contributed by atoms with Gasteiger partial charge in [-0.3, -0.25) is 19.2 Å². The van der Waals surface area contributed by atoms with Crippen molar-refractivity contribution in [2.45, 2.75) is 73.2 Å². The number of phenols is 12. The zero-order valence-corrected chi connectivity index (χ0v) is 45.7. The van der Waals surface area contributed by atoms with Crippen LogP contribution in [0.5, 0.6) is 80.5 Å². The number of aliphatic hydroxyl groups is 6. The van der Waals surface area contributed by atoms with Crippen LogP contribution in [0.4, 0.5) is 0 Å². The summed E-state index contributed by atoms with van der Waals surface area (Å²) in [6, 6.07) is 16.2. The van der Waals surface area contributed by atoms with Gasteiger partial charge in [-0.15, -0.1) is 0 Å². The lowest BCUT2D eigenvalue weighted by Crippen LogP contribution is -2.61. The number of carbonyl (C=O) groups is 2. The van der Waals surface area contributed by atoms with Crippen LogP contribution in [0, 0.1) is 11.8 Å². The van der Waals surface area contributed by atoms with Crippen LogP contribution in [0.3, 0.4) is 0 Å². The Morgan fingerprint density at radius 2 is 0.733 bits per heavy atom. The van der Waals surface area contributed by atoms with Gasteiger partial charge in [-0.2, -0.15) is 0 Å². The summed E-state index contributed by atoms with van der Waals surface area (Å²) in [5, 5.41) is 191. The maximum absolute atomic E-state index is 14.8. The number of rotatable bonds is 14. The van der Waals surface area contributed by atoms with E-state index in [9.17, 15) is 111 Å². The predicted molar refractivity (Wildman–Crippen MR) is 298 cm³/mol. The summed E-state index contributed by atoms with van der Waals surface area (Å²) in [6.07, 6.45) is -21.4. The van der Waals surface area contributed by atoms with Gasteiger partial charge in [-0.25, -0.2) is 0 Å². The molecule has 3 fully saturated rings. The number of benzene rings is 6. The molecule has 0 radical (unpaired) electrons. The van der Waals surface area contributed by atoms with Crippen molar-refractivity contribution >= 4 is 33.9 Å². The van der Waals surface area contributed by atoms with E-state index in [0.717, 1.165) is 84.9 Å². The van der Waals surface area contributed by atoms with Crippen molar-refractivity contribution in [2.24, 2.45) is 11.8 Å². The van der Waals surface area contributed by atoms with Gasteiger partial charge in [0, 0.05) is 47.2 Å². The zero-order chi connectivity index (χ0) is 64.6. The number of aliphatic hydroxyl groups excluding tert-OH is 6. The minimum atomic E-state index is -2.24. The molecule has 0 amide bonds. The highest BCUT2D eigenvalue weighted by Crippen LogP contribution is 2.60. The highest BCUT2D eigenvalue weighted by molar-refractivity contribution is 5.90. The van der Waals surface area contributed by atoms with Crippen LogP contribution in [-0.4, -0.2) is 178 Å². The molecule has 8 aromatic rings. The van der Waals surface area contributed by atoms with Crippen molar-refractivity contribution in [1.29, 1.82) is 0 Å². The molecule has 4 heterocycles. The molecule has 0 spiro atoms. The van der Waals surface area contributed by atoms with E-state index in [-0.39, 0.29) is 22.3 Å². The first-order valence-corrected chi connectivity index (χ1v) is 26.9. The lowest BCUT2D eigenvalue weighted by atomic mass is 9.52. The minimum Gasteiger partial charge on any atom is -0.508 e. The SMILES string of the molecule is O=C(OC[C@H]1O[C@H](Oc2c(-c3ccc(O)c(O)c3)oc3cc(O)cc(O)c3c2=O)[C@@H](O)[C@@H](O)[C@H]1O)[C@@H]1[C@H](C(=O)OC[C@H]2O[C@@H](Oc3c(-c4ccc(O)c(O)c4)oc4cc(O)cc(O)c4c3=O)[C@@H](O)[C@@H](O)[C@@H]2O)[C@H](c2ccc(O)c(O)c2)[C@@H]1c1ccc(O)c(O)c1. The van der Waals surface area contributed by atoms with E-state index in [1.807, 2.05) is 0 Å². The molecule has 14 atom stereocenters. The summed E-state index contributed by atoms with van der Waals surface area (Å²) in [5.41, 5.74) is -3.52. The van der Waals surface area contributed by atoms with Crippen LogP contribution in [-0.2, 0) is 28.5 Å². The van der Waals surface area contributed by atoms with Crippen LogP contribution in [0.2, 0.25) is 0 Å². The Morgan fingerprint density at radius 3 is 1.08 bits per heavy atom. The second-order valence-corrected chi connectivity index (χ2v) is 21.4. The van der Waals surface area contributed by atoms with Crippen molar-refractivity contribution in [3.63, 3.8) is 0 Å². The van der Waals surface area contributed by atoms with Gasteiger partial charge in [0.25, 0.3) is 0 Å². The molecule has 30 heteroatoms. The summed E-state index contributed by atoms with van der Waals surface area (Å²) in [6.45, 7) is -2.16. The smallest absolute Gasteiger partial charge is 0.310 e. The fourth-order valence-corrected chi connectivity index (χ4v) is 11.2. The predicted octanol–water partition coefficient (Wildman–Crippen LogP) is 1.67. The van der Waals surface area contributed by atoms with Crippen molar-refractivity contribution in [3.05, 3.63) is 129 Å². The second-order valence-electron chi connectivity index (χ2n) is 21.4. The topological polar surface area (TPSA) is 514 Å². The Bertz CT molecular complexity index is 4000. The van der Waals surface area contributed by atoms with E-state index in [1.165, 1.54) is 12.1 Å². The third-order valence-corrected chi connectivity index (χ3v) is 15.8. The van der Waals surface area contributed by atoms with Gasteiger partial charge in [0.1, 0.15) is 107 Å². The fourth-order valence-electron chi connectivity index (χ4n) is 11.2. The number of carbonyl (C=O) groups excluding carboxylic acids is 2. The van der Waals surface area contributed by atoms with E-state index in [2.05, 4.69) is 0 Å². The van der Waals surface area contributed by atoms with Crippen molar-refractivity contribution in [1.82, 2.24) is 0 Å². The average Bonchev–Trinajstić information content (AvgIpc) is 0.733. The van der Waals surface area contributed by atoms with Gasteiger partial charge in [-0.05, 0) is 71.8 Å². The third kappa shape index (κ3) is 11.0. The molecule has 2 saturated heterocycles. The van der Waals surface area contributed by atoms with E-state index in [0.29, 0.717) is 0 Å². The maximum atomic E-state index is 14.8. The summed E-state index contributed by atoms with van der Waals surface area (Å²) >= 11 is 0. The van der Waals surface area contributed by atoms with Crippen molar-refractivity contribution < 1.29 is 139 Å². The van der Waals surface area contributed by atoms with Crippen LogP contribution in [0.1, 0.15) is 23.0 Å². The Morgan fingerprint density at radius 1 is 0.389 bits per heavy atom. The normalized spacial score (nSPS) is 25.7. The van der Waals surface area contributed by atoms with Crippen LogP contribution >= 0.6 is 0 Å². The van der Waals surface area contributed by atoms with Crippen LogP contribution < -0.4 is 20.3 Å². The number of fused-ring (bicyclic) bond motifs is 2. The van der Waals surface area contributed by atoms with E-state index >= 15 is 0 Å². The molecule has 2 aromatic heterocycles. The second kappa shape index (κ2) is 23.6. The first-order valence-electron chi connectivity index (χ1n) is 26.9. The monoisotopic (exact) mass is 1250 g/mol. The lowest BCUT2D eigenvalue weighted by molar-refractivity contribution is -0.280. The number of hydrogen-bond donors (Lipinski definition) is 18. The van der Waals surface area contributed by atoms with Crippen molar-refractivity contribution in [3.8, 4) is 103 Å². The molecule has 3 aliphatic rings. The van der Waals surface area contributed by atoms with Crippen LogP contribution in [0.25, 0.3) is 44.6 Å². The third-order valence-electron chi connectivity index (χ3n) is 15.8. The molecule has 0 bridgehead atoms. The number of esters is 2. The van der Waals surface area contributed by atoms with Gasteiger partial charge in [0.05, 0.1) is 11.8 Å². The number of hydrogen-bond acceptors (Lipinski definition) is 30. The highest BCUT2D eigenvalue weighted by atomic mass is 16.7. The molecule has 90 heavy (non-hydrogen) atoms. The minimum absolute atomic E-state index is 0.0244. The molecular formula is C60H52O30.